The van der Waals surface area contributed by atoms with E-state index >= 15 is 0 Å². The molecule has 0 fully saturated rings. The highest BCUT2D eigenvalue weighted by molar-refractivity contribution is 5.27. The van der Waals surface area contributed by atoms with Crippen LogP contribution < -0.4 is 0 Å². The Labute approximate surface area is 49.9 Å². The summed E-state index contributed by atoms with van der Waals surface area (Å²) in [6.07, 6.45) is 8.31. The average Bonchev–Trinajstić information content (AvgIpc) is 1.91. The Hall–Kier alpha value is -0.520. The van der Waals surface area contributed by atoms with Crippen LogP contribution in [-0.2, 0) is 0 Å². The lowest BCUT2D eigenvalue weighted by atomic mass is 9.85. The predicted octanol–water partition coefficient (Wildman–Crippen LogP) is 2.14. The van der Waals surface area contributed by atoms with Gasteiger partial charge in [0.1, 0.15) is 0 Å². The molecule has 0 bridgehead atoms. The molecule has 0 saturated heterocycles. The van der Waals surface area contributed by atoms with Crippen molar-refractivity contribution in [3.8, 4) is 0 Å². The van der Waals surface area contributed by atoms with Crippen molar-refractivity contribution in [1.82, 2.24) is 0 Å². The first-order chi connectivity index (χ1) is 3.86. The van der Waals surface area contributed by atoms with Crippen molar-refractivity contribution in [2.75, 3.05) is 0 Å². The Morgan fingerprint density at radius 2 is 2.38 bits per heavy atom. The zero-order chi connectivity index (χ0) is 5.56. The van der Waals surface area contributed by atoms with Gasteiger partial charge in [0.25, 0.3) is 0 Å². The highest BCUT2D eigenvalue weighted by Crippen LogP contribution is 2.38. The van der Waals surface area contributed by atoms with Gasteiger partial charge in [0.2, 0.25) is 0 Å². The third-order valence-corrected chi connectivity index (χ3v) is 2.11. The number of allylic oxidation sites excluding steroid dienone is 4. The Bertz CT molecular complexity index is 163. The highest BCUT2D eigenvalue weighted by atomic mass is 14.3. The second-order valence-electron chi connectivity index (χ2n) is 2.84. The van der Waals surface area contributed by atoms with E-state index in [-0.39, 0.29) is 0 Å². The molecule has 0 saturated carbocycles. The average molecular weight is 106 g/mol. The van der Waals surface area contributed by atoms with Crippen molar-refractivity contribution in [3.63, 3.8) is 0 Å². The molecule has 0 aliphatic heterocycles. The summed E-state index contributed by atoms with van der Waals surface area (Å²) in [7, 11) is 0. The fourth-order valence-corrected chi connectivity index (χ4v) is 1.55. The van der Waals surface area contributed by atoms with Gasteiger partial charge in [-0.3, -0.25) is 0 Å². The maximum atomic E-state index is 2.38. The Kier molecular flexibility index (Phi) is 0.682. The van der Waals surface area contributed by atoms with Gasteiger partial charge in [-0.2, -0.15) is 0 Å². The summed E-state index contributed by atoms with van der Waals surface area (Å²) < 4.78 is 0. The quantitative estimate of drug-likeness (QED) is 0.415. The Morgan fingerprint density at radius 3 is 2.62 bits per heavy atom. The summed E-state index contributed by atoms with van der Waals surface area (Å²) >= 11 is 0. The molecular formula is C8H10. The normalized spacial score (nSPS) is 40.9. The summed E-state index contributed by atoms with van der Waals surface area (Å²) in [5.41, 5.74) is 1.57. The van der Waals surface area contributed by atoms with Crippen molar-refractivity contribution >= 4 is 0 Å². The van der Waals surface area contributed by atoms with E-state index < -0.39 is 0 Å². The van der Waals surface area contributed by atoms with E-state index in [4.69, 9.17) is 0 Å². The fourth-order valence-electron chi connectivity index (χ4n) is 1.55. The largest absolute Gasteiger partial charge is 0.0836 e. The van der Waals surface area contributed by atoms with Crippen LogP contribution in [0.4, 0.5) is 0 Å². The van der Waals surface area contributed by atoms with Gasteiger partial charge in [0, 0.05) is 5.92 Å². The molecule has 0 aromatic rings. The number of hydrogen-bond donors (Lipinski definition) is 0. The summed E-state index contributed by atoms with van der Waals surface area (Å²) in [6, 6.07) is 0. The molecule has 0 spiro atoms. The maximum Gasteiger partial charge on any atom is 0.00151 e. The molecule has 2 rings (SSSR count). The zero-order valence-corrected chi connectivity index (χ0v) is 5.09. The molecule has 2 aliphatic carbocycles. The molecule has 0 radical (unpaired) electrons. The minimum atomic E-state index is 0.829. The van der Waals surface area contributed by atoms with E-state index in [1.54, 1.807) is 5.57 Å². The van der Waals surface area contributed by atoms with Gasteiger partial charge < -0.3 is 0 Å². The van der Waals surface area contributed by atoms with Crippen LogP contribution in [0.5, 0.6) is 0 Å². The SMILES string of the molecule is CC1=CC2C=CC2C1. The summed E-state index contributed by atoms with van der Waals surface area (Å²) in [5, 5.41) is 0. The molecule has 0 aromatic carbocycles. The van der Waals surface area contributed by atoms with Crippen molar-refractivity contribution in [2.24, 2.45) is 11.8 Å². The molecule has 0 heterocycles. The number of fused-ring (bicyclic) bond motifs is 1. The van der Waals surface area contributed by atoms with E-state index in [1.807, 2.05) is 0 Å². The van der Waals surface area contributed by atoms with Gasteiger partial charge >= 0.3 is 0 Å². The molecule has 8 heavy (non-hydrogen) atoms. The Morgan fingerprint density at radius 1 is 1.50 bits per heavy atom. The van der Waals surface area contributed by atoms with Crippen molar-refractivity contribution in [2.45, 2.75) is 13.3 Å². The molecule has 2 unspecified atom stereocenters. The van der Waals surface area contributed by atoms with E-state index in [9.17, 15) is 0 Å². The topological polar surface area (TPSA) is 0 Å². The van der Waals surface area contributed by atoms with Crippen LogP contribution in [0.15, 0.2) is 23.8 Å². The number of rotatable bonds is 0. The lowest BCUT2D eigenvalue weighted by Gasteiger charge is -2.19. The van der Waals surface area contributed by atoms with Crippen molar-refractivity contribution < 1.29 is 0 Å². The van der Waals surface area contributed by atoms with Gasteiger partial charge in [0.05, 0.1) is 0 Å². The summed E-state index contributed by atoms with van der Waals surface area (Å²) in [4.78, 5) is 0. The van der Waals surface area contributed by atoms with Crippen molar-refractivity contribution in [3.05, 3.63) is 23.8 Å². The first kappa shape index (κ1) is 4.37. The van der Waals surface area contributed by atoms with Crippen LogP contribution in [0, 0.1) is 11.8 Å². The maximum absolute atomic E-state index is 2.38. The van der Waals surface area contributed by atoms with Crippen LogP contribution in [0.25, 0.3) is 0 Å². The smallest absolute Gasteiger partial charge is 0.00151 e. The van der Waals surface area contributed by atoms with Gasteiger partial charge in [-0.15, -0.1) is 0 Å². The first-order valence-electron chi connectivity index (χ1n) is 3.22. The molecule has 2 aliphatic rings. The molecule has 0 heteroatoms. The van der Waals surface area contributed by atoms with Crippen molar-refractivity contribution in [1.29, 1.82) is 0 Å². The van der Waals surface area contributed by atoms with Gasteiger partial charge in [-0.1, -0.05) is 23.8 Å². The van der Waals surface area contributed by atoms with Crippen LogP contribution in [0.1, 0.15) is 13.3 Å². The summed E-state index contributed by atoms with van der Waals surface area (Å²) in [6.45, 7) is 2.22. The lowest BCUT2D eigenvalue weighted by molar-refractivity contribution is 0.540. The minimum absolute atomic E-state index is 0.829. The minimum Gasteiger partial charge on any atom is -0.0836 e. The standard InChI is InChI=1S/C8H10/c1-6-4-7-2-3-8(7)5-6/h2-4,7-8H,5H2,1H3. The highest BCUT2D eigenvalue weighted by Gasteiger charge is 2.26. The monoisotopic (exact) mass is 106 g/mol. The van der Waals surface area contributed by atoms with Crippen LogP contribution in [0.3, 0.4) is 0 Å². The molecule has 0 nitrogen and oxygen atoms in total. The van der Waals surface area contributed by atoms with Crippen LogP contribution in [-0.4, -0.2) is 0 Å². The van der Waals surface area contributed by atoms with Gasteiger partial charge in [-0.25, -0.2) is 0 Å². The molecule has 42 valence electrons. The molecule has 0 N–H and O–H groups in total. The van der Waals surface area contributed by atoms with Gasteiger partial charge in [0.15, 0.2) is 0 Å². The fraction of sp³-hybridized carbons (Fsp3) is 0.500. The predicted molar refractivity (Wildman–Crippen MR) is 34.5 cm³/mol. The van der Waals surface area contributed by atoms with Crippen LogP contribution >= 0.6 is 0 Å². The van der Waals surface area contributed by atoms with Crippen LogP contribution in [0.2, 0.25) is 0 Å². The molecular weight excluding hydrogens is 96.1 g/mol. The van der Waals surface area contributed by atoms with E-state index in [1.165, 1.54) is 6.42 Å². The molecule has 0 amide bonds. The van der Waals surface area contributed by atoms with E-state index in [0.717, 1.165) is 11.8 Å². The Balaban J connectivity index is 2.24. The summed E-state index contributed by atoms with van der Waals surface area (Å²) in [5.74, 6) is 1.73. The number of hydrogen-bond acceptors (Lipinski definition) is 0. The van der Waals surface area contributed by atoms with E-state index in [0.29, 0.717) is 0 Å². The molecule has 0 aromatic heterocycles. The second-order valence-corrected chi connectivity index (χ2v) is 2.84. The zero-order valence-electron chi connectivity index (χ0n) is 5.09. The van der Waals surface area contributed by atoms with E-state index in [2.05, 4.69) is 25.2 Å². The lowest BCUT2D eigenvalue weighted by Crippen LogP contribution is -2.10. The molecule has 2 atom stereocenters. The second kappa shape index (κ2) is 1.25. The third kappa shape index (κ3) is 0.405. The van der Waals surface area contributed by atoms with Gasteiger partial charge in [-0.05, 0) is 19.3 Å². The first-order valence-corrected chi connectivity index (χ1v) is 3.22. The third-order valence-electron chi connectivity index (χ3n) is 2.11.